The van der Waals surface area contributed by atoms with Gasteiger partial charge in [0, 0.05) is 38.4 Å². The van der Waals surface area contributed by atoms with E-state index in [1.54, 1.807) is 0 Å². The van der Waals surface area contributed by atoms with E-state index in [2.05, 4.69) is 208 Å². The van der Waals surface area contributed by atoms with E-state index in [9.17, 15) is 0 Å². The molecule has 0 aliphatic heterocycles. The fourth-order valence-corrected chi connectivity index (χ4v) is 11.0. The Kier molecular flexibility index (Phi) is 8.45. The van der Waals surface area contributed by atoms with Crippen LogP contribution >= 0.6 is 0 Å². The molecule has 308 valence electrons. The van der Waals surface area contributed by atoms with Gasteiger partial charge in [0.25, 0.3) is 0 Å². The van der Waals surface area contributed by atoms with Gasteiger partial charge in [-0.25, -0.2) is 4.98 Å². The predicted molar refractivity (Wildman–Crippen MR) is 265 cm³/mol. The third kappa shape index (κ3) is 5.60. The van der Waals surface area contributed by atoms with E-state index in [1.807, 2.05) is 24.3 Å². The number of para-hydroxylation sites is 2. The average Bonchev–Trinajstić information content (AvgIpc) is 3.91. The molecular weight excluding hydrogens is 779 g/mol. The van der Waals surface area contributed by atoms with Gasteiger partial charge in [0.2, 0.25) is 5.95 Å². The second-order valence-corrected chi connectivity index (χ2v) is 18.6. The maximum Gasteiger partial charge on any atom is 0.238 e. The number of fused-ring (bicyclic) bond motifs is 8. The molecule has 5 nitrogen and oxygen atoms in total. The van der Waals surface area contributed by atoms with Crippen molar-refractivity contribution in [3.8, 4) is 56.7 Å². The largest absolute Gasteiger partial charge is 0.307 e. The summed E-state index contributed by atoms with van der Waals surface area (Å²) < 4.78 is 4.72. The molecule has 64 heavy (non-hydrogen) atoms. The molecule has 0 radical (unpaired) electrons. The molecule has 8 aromatic carbocycles. The van der Waals surface area contributed by atoms with Crippen molar-refractivity contribution >= 4 is 43.6 Å². The highest BCUT2D eigenvalue weighted by atomic mass is 15.2. The first-order valence-electron chi connectivity index (χ1n) is 22.4. The summed E-state index contributed by atoms with van der Waals surface area (Å²) >= 11 is 0. The standard InChI is InChI=1S/C59H47N5/c1-37-58(2,3)49-28-18-27-43(52(49)59(37,4)5)39-31-33-41(34-32-39)63-50-29-16-14-24-44(50)46-35-36-47-45-25-15-17-30-51(45)64(54(47)53(46)63)57-61-55(40-21-10-7-11-22-40)60-56(62-57)48-26-13-12-23-42(48)38-19-8-6-9-20-38/h6-37H,1-5H3. The number of hydrogen-bond acceptors (Lipinski definition) is 3. The number of rotatable bonds is 6. The molecule has 0 spiro atoms. The average molecular weight is 826 g/mol. The third-order valence-corrected chi connectivity index (χ3v) is 14.6. The van der Waals surface area contributed by atoms with Crippen LogP contribution in [0.25, 0.3) is 100 Å². The number of hydrogen-bond donors (Lipinski definition) is 0. The second kappa shape index (κ2) is 14.2. The van der Waals surface area contributed by atoms with Crippen LogP contribution in [0.3, 0.4) is 0 Å². The maximum absolute atomic E-state index is 5.45. The highest BCUT2D eigenvalue weighted by Crippen LogP contribution is 2.56. The van der Waals surface area contributed by atoms with Crippen LogP contribution in [0.2, 0.25) is 0 Å². The Balaban J connectivity index is 1.13. The number of benzene rings is 8. The molecule has 0 N–H and O–H groups in total. The number of aromatic nitrogens is 5. The first kappa shape index (κ1) is 38.1. The van der Waals surface area contributed by atoms with Crippen LogP contribution in [-0.4, -0.2) is 24.1 Å². The summed E-state index contributed by atoms with van der Waals surface area (Å²) in [4.78, 5) is 16.1. The van der Waals surface area contributed by atoms with Gasteiger partial charge in [0.1, 0.15) is 0 Å². The minimum absolute atomic E-state index is 0.0405. The topological polar surface area (TPSA) is 48.5 Å². The van der Waals surface area contributed by atoms with Crippen molar-refractivity contribution in [2.75, 3.05) is 0 Å². The van der Waals surface area contributed by atoms with Crippen LogP contribution in [-0.2, 0) is 10.8 Å². The predicted octanol–water partition coefficient (Wildman–Crippen LogP) is 14.9. The highest BCUT2D eigenvalue weighted by Gasteiger charge is 2.49. The molecule has 3 heterocycles. The lowest BCUT2D eigenvalue weighted by Crippen LogP contribution is -2.31. The highest BCUT2D eigenvalue weighted by molar-refractivity contribution is 6.23. The van der Waals surface area contributed by atoms with Gasteiger partial charge in [-0.3, -0.25) is 4.57 Å². The molecule has 0 bridgehead atoms. The van der Waals surface area contributed by atoms with Gasteiger partial charge in [-0.1, -0.05) is 198 Å². The summed E-state index contributed by atoms with van der Waals surface area (Å²) in [5, 5.41) is 4.63. The Labute approximate surface area is 373 Å². The summed E-state index contributed by atoms with van der Waals surface area (Å²) in [7, 11) is 0. The van der Waals surface area contributed by atoms with Gasteiger partial charge < -0.3 is 4.57 Å². The van der Waals surface area contributed by atoms with Crippen LogP contribution in [0, 0.1) is 5.92 Å². The lowest BCUT2D eigenvalue weighted by atomic mass is 9.71. The van der Waals surface area contributed by atoms with Crippen LogP contribution < -0.4 is 0 Å². The van der Waals surface area contributed by atoms with E-state index in [0.717, 1.165) is 60.8 Å². The van der Waals surface area contributed by atoms with E-state index < -0.39 is 0 Å². The zero-order valence-corrected chi connectivity index (χ0v) is 36.7. The fourth-order valence-electron chi connectivity index (χ4n) is 11.0. The summed E-state index contributed by atoms with van der Waals surface area (Å²) in [5.41, 5.74) is 15.1. The first-order valence-corrected chi connectivity index (χ1v) is 22.4. The Morgan fingerprint density at radius 1 is 0.391 bits per heavy atom. The van der Waals surface area contributed by atoms with Crippen molar-refractivity contribution < 1.29 is 0 Å². The van der Waals surface area contributed by atoms with Gasteiger partial charge >= 0.3 is 0 Å². The van der Waals surface area contributed by atoms with Gasteiger partial charge in [-0.15, -0.1) is 0 Å². The van der Waals surface area contributed by atoms with Crippen molar-refractivity contribution in [3.05, 3.63) is 199 Å². The smallest absolute Gasteiger partial charge is 0.238 e. The van der Waals surface area contributed by atoms with Crippen molar-refractivity contribution in [3.63, 3.8) is 0 Å². The van der Waals surface area contributed by atoms with Crippen molar-refractivity contribution in [1.29, 1.82) is 0 Å². The van der Waals surface area contributed by atoms with Gasteiger partial charge in [-0.2, -0.15) is 9.97 Å². The van der Waals surface area contributed by atoms with Crippen LogP contribution in [0.5, 0.6) is 0 Å². The molecule has 1 unspecified atom stereocenters. The van der Waals surface area contributed by atoms with E-state index in [1.165, 1.54) is 33.0 Å². The molecule has 1 aliphatic rings. The third-order valence-electron chi connectivity index (χ3n) is 14.6. The van der Waals surface area contributed by atoms with Crippen molar-refractivity contribution in [2.45, 2.75) is 45.4 Å². The van der Waals surface area contributed by atoms with E-state index in [0.29, 0.717) is 23.5 Å². The van der Waals surface area contributed by atoms with Crippen LogP contribution in [0.1, 0.15) is 45.7 Å². The minimum atomic E-state index is 0.0405. The Morgan fingerprint density at radius 3 is 1.58 bits per heavy atom. The molecule has 1 atom stereocenters. The first-order chi connectivity index (χ1) is 31.2. The zero-order valence-electron chi connectivity index (χ0n) is 36.7. The lowest BCUT2D eigenvalue weighted by molar-refractivity contribution is 0.264. The summed E-state index contributed by atoms with van der Waals surface area (Å²) in [5.74, 6) is 2.30. The van der Waals surface area contributed by atoms with Crippen molar-refractivity contribution in [1.82, 2.24) is 24.1 Å². The van der Waals surface area contributed by atoms with E-state index in [-0.39, 0.29) is 10.8 Å². The quantitative estimate of drug-likeness (QED) is 0.168. The molecule has 5 heteroatoms. The van der Waals surface area contributed by atoms with Gasteiger partial charge in [-0.05, 0) is 74.4 Å². The molecule has 3 aromatic heterocycles. The SMILES string of the molecule is CC1C(C)(C)c2cccc(-c3ccc(-n4c5ccccc5c5ccc6c7ccccc7n(-c7nc(-c8ccccc8)nc(-c8ccccc8-c8ccccc8)n7)c6c54)cc3)c2C1(C)C. The van der Waals surface area contributed by atoms with E-state index >= 15 is 0 Å². The fraction of sp³-hybridized carbons (Fsp3) is 0.136. The zero-order chi connectivity index (χ0) is 43.3. The summed E-state index contributed by atoms with van der Waals surface area (Å²) in [6.45, 7) is 12.1. The molecule has 0 saturated heterocycles. The van der Waals surface area contributed by atoms with Crippen LogP contribution in [0.15, 0.2) is 188 Å². The Hall–Kier alpha value is -7.63. The van der Waals surface area contributed by atoms with Gasteiger partial charge in [0.15, 0.2) is 11.6 Å². The molecule has 12 rings (SSSR count). The minimum Gasteiger partial charge on any atom is -0.307 e. The van der Waals surface area contributed by atoms with Gasteiger partial charge in [0.05, 0.1) is 22.1 Å². The molecule has 1 aliphatic carbocycles. The summed E-state index contributed by atoms with van der Waals surface area (Å²) in [6.07, 6.45) is 0. The van der Waals surface area contributed by atoms with E-state index in [4.69, 9.17) is 15.0 Å². The molecule has 0 amide bonds. The summed E-state index contributed by atoms with van der Waals surface area (Å²) in [6, 6.07) is 67.3. The maximum atomic E-state index is 5.45. The number of nitrogens with zero attached hydrogens (tertiary/aromatic N) is 5. The molecule has 11 aromatic rings. The Bertz CT molecular complexity index is 3610. The Morgan fingerprint density at radius 2 is 0.906 bits per heavy atom. The van der Waals surface area contributed by atoms with Crippen molar-refractivity contribution in [2.24, 2.45) is 5.92 Å². The molecule has 0 saturated carbocycles. The monoisotopic (exact) mass is 825 g/mol. The normalized spacial score (nSPS) is 15.4. The molecule has 0 fully saturated rings. The molecular formula is C59H47N5. The van der Waals surface area contributed by atoms with Crippen LogP contribution in [0.4, 0.5) is 0 Å². The second-order valence-electron chi connectivity index (χ2n) is 18.6. The lowest BCUT2D eigenvalue weighted by Gasteiger charge is -2.33.